The maximum Gasteiger partial charge on any atom is 0.317 e. The molecule has 3 amide bonds. The highest BCUT2D eigenvalue weighted by Crippen LogP contribution is 2.46. The predicted molar refractivity (Wildman–Crippen MR) is 204 cm³/mol. The number of phenols is 1. The van der Waals surface area contributed by atoms with Gasteiger partial charge >= 0.3 is 6.01 Å². The molecule has 5 aliphatic rings. The molecule has 0 saturated carbocycles. The number of benzene rings is 2. The van der Waals surface area contributed by atoms with Gasteiger partial charge in [0.15, 0.2) is 17.4 Å². The number of phenolic OH excluding ortho intramolecular Hbond substituents is 1. The minimum Gasteiger partial charge on any atom is -0.504 e. The van der Waals surface area contributed by atoms with Gasteiger partial charge in [0, 0.05) is 92.4 Å². The van der Waals surface area contributed by atoms with E-state index in [1.807, 2.05) is 32.0 Å². The molecule has 0 bridgehead atoms. The van der Waals surface area contributed by atoms with Crippen LogP contribution in [0.2, 0.25) is 0 Å². The highest BCUT2D eigenvalue weighted by atomic mass is 19.3. The number of nitrogens with zero attached hydrogens (tertiary/aromatic N) is 8. The van der Waals surface area contributed by atoms with Crippen LogP contribution >= 0.6 is 0 Å². The molecule has 3 saturated heterocycles. The van der Waals surface area contributed by atoms with Crippen LogP contribution in [0.3, 0.4) is 0 Å². The molecule has 58 heavy (non-hydrogen) atoms. The number of para-hydroxylation sites is 1. The lowest BCUT2D eigenvalue weighted by Gasteiger charge is -2.43. The van der Waals surface area contributed by atoms with E-state index in [9.17, 15) is 32.7 Å². The van der Waals surface area contributed by atoms with Gasteiger partial charge in [-0.05, 0) is 56.2 Å². The number of imide groups is 1. The summed E-state index contributed by atoms with van der Waals surface area (Å²) in [6, 6.07) is 10.8. The molecule has 3 atom stereocenters. The summed E-state index contributed by atoms with van der Waals surface area (Å²) in [7, 11) is 0. The number of aromatic nitrogens is 4. The van der Waals surface area contributed by atoms with Gasteiger partial charge in [-0.1, -0.05) is 12.1 Å². The largest absolute Gasteiger partial charge is 0.504 e. The van der Waals surface area contributed by atoms with Crippen molar-refractivity contribution < 1.29 is 37.4 Å². The molecule has 3 fully saturated rings. The van der Waals surface area contributed by atoms with Crippen LogP contribution < -0.4 is 25.2 Å². The summed E-state index contributed by atoms with van der Waals surface area (Å²) in [4.78, 5) is 54.5. The number of aromatic hydroxyl groups is 1. The fourth-order valence-electron chi connectivity index (χ4n) is 8.89. The minimum absolute atomic E-state index is 0.0239. The molecule has 7 heterocycles. The monoisotopic (exact) mass is 798 g/mol. The molecule has 0 radical (unpaired) electrons. The molecular weight excluding hydrogens is 757 g/mol. The number of aryl methyl sites for hydroxylation is 2. The zero-order valence-corrected chi connectivity index (χ0v) is 31.8. The van der Waals surface area contributed by atoms with Crippen molar-refractivity contribution in [2.24, 2.45) is 0 Å². The molecule has 0 aliphatic carbocycles. The lowest BCUT2D eigenvalue weighted by molar-refractivity contribution is -0.136. The number of fused-ring (bicyclic) bond motifs is 4. The highest BCUT2D eigenvalue weighted by Gasteiger charge is 2.56. The Morgan fingerprint density at radius 1 is 1.00 bits per heavy atom. The normalized spacial score (nSPS) is 23.1. The number of alkyl halides is 2. The molecule has 2 aromatic heterocycles. The molecule has 4 aromatic rings. The molecule has 9 rings (SSSR count). The Hall–Kier alpha value is -6.04. The van der Waals surface area contributed by atoms with E-state index in [2.05, 4.69) is 40.6 Å². The van der Waals surface area contributed by atoms with E-state index in [0.29, 0.717) is 36.6 Å². The smallest absolute Gasteiger partial charge is 0.317 e. The number of anilines is 3. The molecular formula is C40H41F3N10O5. The van der Waals surface area contributed by atoms with E-state index < -0.39 is 41.6 Å². The summed E-state index contributed by atoms with van der Waals surface area (Å²) in [5.74, 6) is -2.08. The van der Waals surface area contributed by atoms with Gasteiger partial charge in [0.05, 0.1) is 17.9 Å². The number of carbonyl (C=O) groups excluding carboxylic acids is 3. The first-order valence-corrected chi connectivity index (χ1v) is 19.3. The molecule has 18 heteroatoms. The number of amides is 3. The number of hydrogen-bond acceptors (Lipinski definition) is 13. The summed E-state index contributed by atoms with van der Waals surface area (Å²) in [6.07, 6.45) is -2.94. The van der Waals surface area contributed by atoms with Crippen LogP contribution in [-0.2, 0) is 22.7 Å². The Morgan fingerprint density at radius 2 is 1.78 bits per heavy atom. The topological polar surface area (TPSA) is 169 Å². The van der Waals surface area contributed by atoms with Crippen molar-refractivity contribution in [1.29, 1.82) is 0 Å². The highest BCUT2D eigenvalue weighted by molar-refractivity contribution is 6.05. The predicted octanol–water partition coefficient (Wildman–Crippen LogP) is 3.57. The van der Waals surface area contributed by atoms with Crippen LogP contribution in [-0.4, -0.2) is 116 Å². The van der Waals surface area contributed by atoms with Gasteiger partial charge < -0.3 is 29.9 Å². The minimum atomic E-state index is -2.76. The van der Waals surface area contributed by atoms with Crippen molar-refractivity contribution >= 4 is 34.9 Å². The summed E-state index contributed by atoms with van der Waals surface area (Å²) >= 11 is 0. The average molecular weight is 799 g/mol. The third kappa shape index (κ3) is 6.48. The first kappa shape index (κ1) is 37.5. The van der Waals surface area contributed by atoms with Gasteiger partial charge in [0.1, 0.15) is 17.7 Å². The average Bonchev–Trinajstić information content (AvgIpc) is 3.75. The number of nitrogens with one attached hydrogen (secondary N) is 2. The fourth-order valence-corrected chi connectivity index (χ4v) is 8.89. The molecule has 0 spiro atoms. The van der Waals surface area contributed by atoms with E-state index >= 15 is 0 Å². The van der Waals surface area contributed by atoms with Gasteiger partial charge in [-0.2, -0.15) is 0 Å². The number of halogens is 3. The zero-order chi connectivity index (χ0) is 40.5. The third-order valence-corrected chi connectivity index (χ3v) is 12.1. The summed E-state index contributed by atoms with van der Waals surface area (Å²) < 4.78 is 50.3. The number of piperazine rings is 1. The van der Waals surface area contributed by atoms with Crippen LogP contribution in [0.25, 0.3) is 11.3 Å². The second-order valence-corrected chi connectivity index (χ2v) is 15.6. The van der Waals surface area contributed by atoms with E-state index in [1.165, 1.54) is 18.2 Å². The van der Waals surface area contributed by atoms with Gasteiger partial charge in [-0.3, -0.25) is 24.6 Å². The van der Waals surface area contributed by atoms with Crippen LogP contribution in [0.15, 0.2) is 42.5 Å². The Labute approximate surface area is 331 Å². The van der Waals surface area contributed by atoms with Crippen molar-refractivity contribution in [2.75, 3.05) is 54.4 Å². The second-order valence-electron chi connectivity index (χ2n) is 15.6. The quantitative estimate of drug-likeness (QED) is 0.222. The van der Waals surface area contributed by atoms with Crippen molar-refractivity contribution in [3.05, 3.63) is 76.4 Å². The first-order valence-electron chi connectivity index (χ1n) is 19.3. The first-order chi connectivity index (χ1) is 27.9. The molecule has 3 N–H and O–H groups in total. The van der Waals surface area contributed by atoms with Crippen LogP contribution in [0, 0.1) is 19.7 Å². The van der Waals surface area contributed by atoms with E-state index in [4.69, 9.17) is 4.74 Å². The Kier molecular flexibility index (Phi) is 9.32. The lowest BCUT2D eigenvalue weighted by atomic mass is 9.93. The van der Waals surface area contributed by atoms with Crippen LogP contribution in [0.1, 0.15) is 52.1 Å². The maximum absolute atomic E-state index is 15.0. The van der Waals surface area contributed by atoms with E-state index in [1.54, 1.807) is 9.80 Å². The summed E-state index contributed by atoms with van der Waals surface area (Å²) in [5.41, 5.74) is 3.74. The SMILES string of the molecule is Cc1nc(OC2CN3c4cc(-c5cccc(F)c5O)nnc4NCC3(C(F)F)C2)nc(C)c1CN1CCN(c2ccc3c(c2)C(=O)N(C2CCC(=O)NC2=O)C3)CC1. The lowest BCUT2D eigenvalue weighted by Crippen LogP contribution is -2.57. The number of ether oxygens (including phenoxy) is 1. The molecule has 2 aromatic carbocycles. The van der Waals surface area contributed by atoms with Crippen LogP contribution in [0.4, 0.5) is 30.4 Å². The standard InChI is InChI=1S/C40H41F3N10O5/c1-21-28(19-50-10-12-51(13-11-50)24-7-6-23-17-52(37(57)27(23)14-24)31-8-9-33(54)47-36(31)56)22(2)46-39(45-21)58-25-16-40(38(42)43)20-44-35-32(53(40)18-25)15-30(48-49-35)26-4-3-5-29(41)34(26)55/h3-7,14-15,25,31,38,55H,8-13,16-20H2,1-2H3,(H,44,49)(H,47,54,56). The molecule has 5 aliphatic heterocycles. The van der Waals surface area contributed by atoms with Gasteiger partial charge in [-0.25, -0.2) is 23.1 Å². The fraction of sp³-hybridized carbons (Fsp3) is 0.425. The van der Waals surface area contributed by atoms with Gasteiger partial charge in [0.2, 0.25) is 11.8 Å². The van der Waals surface area contributed by atoms with Crippen molar-refractivity contribution in [3.63, 3.8) is 0 Å². The van der Waals surface area contributed by atoms with Crippen molar-refractivity contribution in [3.8, 4) is 23.0 Å². The Balaban J connectivity index is 0.844. The number of rotatable bonds is 8. The molecule has 302 valence electrons. The molecule has 3 unspecified atom stereocenters. The number of piperidine rings is 1. The Bertz CT molecular complexity index is 2320. The maximum atomic E-state index is 15.0. The van der Waals surface area contributed by atoms with Crippen molar-refractivity contribution in [1.82, 2.24) is 35.3 Å². The summed E-state index contributed by atoms with van der Waals surface area (Å²) in [6.45, 7) is 7.64. The van der Waals surface area contributed by atoms with Gasteiger partial charge in [-0.15, -0.1) is 10.2 Å². The molecule has 15 nitrogen and oxygen atoms in total. The Morgan fingerprint density at radius 3 is 2.52 bits per heavy atom. The summed E-state index contributed by atoms with van der Waals surface area (Å²) in [5, 5.41) is 23.9. The third-order valence-electron chi connectivity index (χ3n) is 12.1. The zero-order valence-electron chi connectivity index (χ0n) is 31.8. The second kappa shape index (κ2) is 14.4. The van der Waals surface area contributed by atoms with Crippen molar-refractivity contribution in [2.45, 2.75) is 70.3 Å². The number of hydrogen-bond donors (Lipinski definition) is 3. The van der Waals surface area contributed by atoms with Crippen LogP contribution in [0.5, 0.6) is 11.8 Å². The van der Waals surface area contributed by atoms with E-state index in [0.717, 1.165) is 60.4 Å². The van der Waals surface area contributed by atoms with Gasteiger partial charge in [0.25, 0.3) is 12.3 Å². The number of carbonyl (C=O) groups is 3. The van der Waals surface area contributed by atoms with E-state index in [-0.39, 0.29) is 55.0 Å².